The predicted octanol–water partition coefficient (Wildman–Crippen LogP) is 4.91. The van der Waals surface area contributed by atoms with Gasteiger partial charge in [-0.05, 0) is 39.9 Å². The summed E-state index contributed by atoms with van der Waals surface area (Å²) < 4.78 is 1.93. The lowest BCUT2D eigenvalue weighted by molar-refractivity contribution is 0.277. The lowest BCUT2D eigenvalue weighted by Gasteiger charge is -2.20. The highest BCUT2D eigenvalue weighted by molar-refractivity contribution is 4.90. The van der Waals surface area contributed by atoms with Gasteiger partial charge in [-0.1, -0.05) is 48.0 Å². The Morgan fingerprint density at radius 1 is 0.850 bits per heavy atom. The molecule has 0 bridgehead atoms. The summed E-state index contributed by atoms with van der Waals surface area (Å²) in [5.74, 6) is 0. The van der Waals surface area contributed by atoms with Crippen LogP contribution in [-0.2, 0) is 7.05 Å². The lowest BCUT2D eigenvalue weighted by atomic mass is 10.1. The third-order valence-corrected chi connectivity index (χ3v) is 2.41. The highest BCUT2D eigenvalue weighted by Gasteiger charge is 2.02. The third-order valence-electron chi connectivity index (χ3n) is 2.41. The van der Waals surface area contributed by atoms with Crippen molar-refractivity contribution in [2.24, 2.45) is 7.05 Å². The van der Waals surface area contributed by atoms with Gasteiger partial charge >= 0.3 is 0 Å². The fourth-order valence-corrected chi connectivity index (χ4v) is 1.60. The van der Waals surface area contributed by atoms with Gasteiger partial charge in [-0.3, -0.25) is 0 Å². The normalized spacial score (nSPS) is 13.1. The quantitative estimate of drug-likeness (QED) is 0.675. The van der Waals surface area contributed by atoms with Gasteiger partial charge in [0.25, 0.3) is 0 Å². The van der Waals surface area contributed by atoms with E-state index in [9.17, 15) is 0 Å². The molecule has 0 unspecified atom stereocenters. The minimum atomic E-state index is 1.07. The van der Waals surface area contributed by atoms with Gasteiger partial charge in [0.15, 0.2) is 0 Å². The summed E-state index contributed by atoms with van der Waals surface area (Å²) in [4.78, 5) is 6.37. The second kappa shape index (κ2) is 20.5. The summed E-state index contributed by atoms with van der Waals surface area (Å²) in [7, 11) is 4.15. The number of imidazole rings is 1. The van der Waals surface area contributed by atoms with Crippen LogP contribution in [0.2, 0.25) is 0 Å². The Hall–Kier alpha value is -0.830. The van der Waals surface area contributed by atoms with Gasteiger partial charge in [-0.15, -0.1) is 0 Å². The van der Waals surface area contributed by atoms with Crippen molar-refractivity contribution in [2.45, 2.75) is 67.7 Å². The maximum absolute atomic E-state index is 3.98. The first-order valence-electron chi connectivity index (χ1n) is 8.31. The van der Waals surface area contributed by atoms with E-state index >= 15 is 0 Å². The number of hydrogen-bond acceptors (Lipinski definition) is 2. The van der Waals surface area contributed by atoms with Crippen LogP contribution < -0.4 is 0 Å². The average Bonchev–Trinajstić information content (AvgIpc) is 2.90. The molecule has 1 aromatic rings. The highest BCUT2D eigenvalue weighted by atomic mass is 15.1. The van der Waals surface area contributed by atoms with Crippen molar-refractivity contribution < 1.29 is 0 Å². The maximum Gasteiger partial charge on any atom is 0.0946 e. The zero-order chi connectivity index (χ0) is 16.4. The summed E-state index contributed by atoms with van der Waals surface area (Å²) in [6.07, 6.45) is 8.03. The summed E-state index contributed by atoms with van der Waals surface area (Å²) in [5.41, 5.74) is 1.07. The van der Waals surface area contributed by atoms with E-state index in [-0.39, 0.29) is 0 Å². The SMILES string of the molecule is CC.CC.CC.CN1CCCCC1.Cc1cn(C)cn1. The second-order valence-electron chi connectivity index (χ2n) is 4.04. The van der Waals surface area contributed by atoms with Crippen LogP contribution in [-0.4, -0.2) is 34.6 Å². The molecule has 0 aliphatic carbocycles. The number of piperidine rings is 1. The maximum atomic E-state index is 3.98. The number of aryl methyl sites for hydroxylation is 2. The zero-order valence-electron chi connectivity index (χ0n) is 15.5. The van der Waals surface area contributed by atoms with Gasteiger partial charge in [-0.2, -0.15) is 0 Å². The molecular weight excluding hydrogens is 246 g/mol. The van der Waals surface area contributed by atoms with Gasteiger partial charge in [0.05, 0.1) is 12.0 Å². The standard InChI is InChI=1S/C6H13N.C5H8N2.3C2H6/c1-7-5-3-2-4-6-7;1-5-3-7(2)4-6-5;3*1-2/h2-6H2,1H3;3-4H,1-2H3;3*1-2H3. The Kier molecular flexibility index (Phi) is 24.8. The molecule has 1 aliphatic rings. The van der Waals surface area contributed by atoms with Gasteiger partial charge in [0, 0.05) is 13.2 Å². The molecule has 0 N–H and O–H groups in total. The molecule has 2 rings (SSSR count). The van der Waals surface area contributed by atoms with E-state index in [0.717, 1.165) is 5.69 Å². The molecule has 3 nitrogen and oxygen atoms in total. The van der Waals surface area contributed by atoms with Crippen molar-refractivity contribution in [3.05, 3.63) is 18.2 Å². The van der Waals surface area contributed by atoms with Crippen LogP contribution >= 0.6 is 0 Å². The first kappa shape index (κ1) is 24.2. The van der Waals surface area contributed by atoms with Crippen molar-refractivity contribution in [3.8, 4) is 0 Å². The lowest BCUT2D eigenvalue weighted by Crippen LogP contribution is -2.24. The molecule has 1 aromatic heterocycles. The number of aromatic nitrogens is 2. The fraction of sp³-hybridized carbons (Fsp3) is 0.824. The molecule has 0 saturated carbocycles. The molecule has 2 heterocycles. The number of likely N-dealkylation sites (tertiary alicyclic amines) is 1. The molecule has 1 saturated heterocycles. The summed E-state index contributed by atoms with van der Waals surface area (Å²) in [5, 5.41) is 0. The Balaban J connectivity index is -0.000000211. The molecule has 0 aromatic carbocycles. The van der Waals surface area contributed by atoms with Crippen molar-refractivity contribution in [1.29, 1.82) is 0 Å². The fourth-order valence-electron chi connectivity index (χ4n) is 1.60. The van der Waals surface area contributed by atoms with Crippen LogP contribution in [0, 0.1) is 6.92 Å². The van der Waals surface area contributed by atoms with Gasteiger partial charge in [0.1, 0.15) is 0 Å². The molecular formula is C17H39N3. The Bertz CT molecular complexity index is 234. The van der Waals surface area contributed by atoms with E-state index in [2.05, 4.69) is 16.9 Å². The molecule has 0 radical (unpaired) electrons. The average molecular weight is 286 g/mol. The van der Waals surface area contributed by atoms with Gasteiger partial charge < -0.3 is 9.47 Å². The van der Waals surface area contributed by atoms with Crippen molar-refractivity contribution >= 4 is 0 Å². The first-order valence-corrected chi connectivity index (χ1v) is 8.31. The molecule has 1 fully saturated rings. The molecule has 0 spiro atoms. The molecule has 1 aliphatic heterocycles. The van der Waals surface area contributed by atoms with Gasteiger partial charge in [-0.25, -0.2) is 4.98 Å². The first-order chi connectivity index (χ1) is 9.68. The highest BCUT2D eigenvalue weighted by Crippen LogP contribution is 2.04. The zero-order valence-corrected chi connectivity index (χ0v) is 15.5. The van der Waals surface area contributed by atoms with E-state index < -0.39 is 0 Å². The third kappa shape index (κ3) is 17.2. The molecule has 0 amide bonds. The van der Waals surface area contributed by atoms with Crippen LogP contribution in [0.3, 0.4) is 0 Å². The van der Waals surface area contributed by atoms with E-state index in [1.807, 2.05) is 66.3 Å². The smallest absolute Gasteiger partial charge is 0.0946 e. The summed E-state index contributed by atoms with van der Waals surface area (Å²) >= 11 is 0. The Morgan fingerprint density at radius 2 is 1.30 bits per heavy atom. The topological polar surface area (TPSA) is 21.1 Å². The van der Waals surface area contributed by atoms with Crippen molar-refractivity contribution in [2.75, 3.05) is 20.1 Å². The van der Waals surface area contributed by atoms with E-state index in [0.29, 0.717) is 0 Å². The Labute approximate surface area is 128 Å². The molecule has 20 heavy (non-hydrogen) atoms. The van der Waals surface area contributed by atoms with Gasteiger partial charge in [0.2, 0.25) is 0 Å². The van der Waals surface area contributed by atoms with E-state index in [4.69, 9.17) is 0 Å². The number of nitrogens with zero attached hydrogens (tertiary/aromatic N) is 3. The van der Waals surface area contributed by atoms with Crippen LogP contribution in [0.5, 0.6) is 0 Å². The minimum absolute atomic E-state index is 1.07. The van der Waals surface area contributed by atoms with Crippen molar-refractivity contribution in [3.63, 3.8) is 0 Å². The second-order valence-corrected chi connectivity index (χ2v) is 4.04. The van der Waals surface area contributed by atoms with Crippen LogP contribution in [0.1, 0.15) is 66.5 Å². The molecule has 122 valence electrons. The van der Waals surface area contributed by atoms with Crippen LogP contribution in [0.4, 0.5) is 0 Å². The number of hydrogen-bond donors (Lipinski definition) is 0. The predicted molar refractivity (Wildman–Crippen MR) is 93.3 cm³/mol. The van der Waals surface area contributed by atoms with Crippen molar-refractivity contribution in [1.82, 2.24) is 14.5 Å². The summed E-state index contributed by atoms with van der Waals surface area (Å²) in [6.45, 7) is 16.6. The van der Waals surface area contributed by atoms with E-state index in [1.54, 1.807) is 6.33 Å². The van der Waals surface area contributed by atoms with Crippen LogP contribution in [0.25, 0.3) is 0 Å². The summed E-state index contributed by atoms with van der Waals surface area (Å²) in [6, 6.07) is 0. The minimum Gasteiger partial charge on any atom is -0.340 e. The molecule has 3 heteroatoms. The van der Waals surface area contributed by atoms with E-state index in [1.165, 1.54) is 32.4 Å². The Morgan fingerprint density at radius 3 is 1.45 bits per heavy atom. The number of rotatable bonds is 0. The van der Waals surface area contributed by atoms with Crippen LogP contribution in [0.15, 0.2) is 12.5 Å². The molecule has 0 atom stereocenters. The monoisotopic (exact) mass is 285 g/mol. The largest absolute Gasteiger partial charge is 0.340 e.